The smallest absolute Gasteiger partial charge is 0.271 e. The molecule has 2 amide bonds. The van der Waals surface area contributed by atoms with E-state index in [0.717, 1.165) is 9.88 Å². The Morgan fingerprint density at radius 2 is 2.07 bits per heavy atom. The number of amides is 2. The van der Waals surface area contributed by atoms with Gasteiger partial charge >= 0.3 is 0 Å². The monoisotopic (exact) mass is 227 g/mol. The number of nitrogens with one attached hydrogen (secondary N) is 2. The van der Waals surface area contributed by atoms with E-state index in [1.807, 2.05) is 13.8 Å². The van der Waals surface area contributed by atoms with Crippen molar-refractivity contribution < 1.29 is 9.59 Å². The van der Waals surface area contributed by atoms with Crippen molar-refractivity contribution in [3.05, 3.63) is 15.6 Å². The first-order valence-corrected chi connectivity index (χ1v) is 5.29. The molecule has 6 heteroatoms. The van der Waals surface area contributed by atoms with Crippen LogP contribution in [0.1, 0.15) is 20.4 Å². The van der Waals surface area contributed by atoms with E-state index in [4.69, 9.17) is 0 Å². The Labute approximate surface area is 91.9 Å². The topological polar surface area (TPSA) is 71.1 Å². The van der Waals surface area contributed by atoms with Gasteiger partial charge in [0, 0.05) is 11.9 Å². The van der Waals surface area contributed by atoms with Gasteiger partial charge in [0.25, 0.3) is 5.91 Å². The second kappa shape index (κ2) is 4.88. The van der Waals surface area contributed by atoms with E-state index in [1.54, 1.807) is 0 Å². The van der Waals surface area contributed by atoms with Gasteiger partial charge in [-0.25, -0.2) is 4.98 Å². The van der Waals surface area contributed by atoms with Gasteiger partial charge in [0.1, 0.15) is 5.69 Å². The summed E-state index contributed by atoms with van der Waals surface area (Å²) in [5.41, 5.74) is 0.404. The van der Waals surface area contributed by atoms with Crippen LogP contribution in [0.15, 0.2) is 0 Å². The minimum atomic E-state index is -0.305. The highest BCUT2D eigenvalue weighted by molar-refractivity contribution is 7.11. The SMILES string of the molecule is CNC(=O)CNC(=O)c1nc(C)sc1C. The van der Waals surface area contributed by atoms with Crippen molar-refractivity contribution in [2.75, 3.05) is 13.6 Å². The quantitative estimate of drug-likeness (QED) is 0.777. The van der Waals surface area contributed by atoms with Gasteiger partial charge in [-0.1, -0.05) is 0 Å². The normalized spacial score (nSPS) is 9.80. The molecule has 0 aliphatic heterocycles. The molecule has 0 fully saturated rings. The molecule has 0 aromatic carbocycles. The summed E-state index contributed by atoms with van der Waals surface area (Å²) >= 11 is 1.47. The number of aryl methyl sites for hydroxylation is 2. The Balaban J connectivity index is 2.61. The molecule has 2 N–H and O–H groups in total. The predicted octanol–water partition coefficient (Wildman–Crippen LogP) is 0.236. The van der Waals surface area contributed by atoms with Crippen LogP contribution in [0.4, 0.5) is 0 Å². The molecular weight excluding hydrogens is 214 g/mol. The number of aromatic nitrogens is 1. The van der Waals surface area contributed by atoms with Gasteiger partial charge in [-0.3, -0.25) is 9.59 Å². The summed E-state index contributed by atoms with van der Waals surface area (Å²) < 4.78 is 0. The zero-order valence-corrected chi connectivity index (χ0v) is 9.70. The number of carbonyl (C=O) groups excluding carboxylic acids is 2. The number of hydrogen-bond acceptors (Lipinski definition) is 4. The van der Waals surface area contributed by atoms with Crippen LogP contribution in [0.3, 0.4) is 0 Å². The van der Waals surface area contributed by atoms with Crippen molar-refractivity contribution >= 4 is 23.2 Å². The number of hydrogen-bond donors (Lipinski definition) is 2. The molecule has 0 spiro atoms. The predicted molar refractivity (Wildman–Crippen MR) is 58.0 cm³/mol. The van der Waals surface area contributed by atoms with Crippen LogP contribution in [-0.4, -0.2) is 30.4 Å². The number of rotatable bonds is 3. The van der Waals surface area contributed by atoms with Crippen LogP contribution in [0.25, 0.3) is 0 Å². The summed E-state index contributed by atoms with van der Waals surface area (Å²) in [5.74, 6) is -0.534. The van der Waals surface area contributed by atoms with Crippen molar-refractivity contribution in [1.82, 2.24) is 15.6 Å². The lowest BCUT2D eigenvalue weighted by Gasteiger charge is -2.02. The maximum absolute atomic E-state index is 11.6. The maximum Gasteiger partial charge on any atom is 0.271 e. The third-order valence-electron chi connectivity index (χ3n) is 1.81. The highest BCUT2D eigenvalue weighted by Crippen LogP contribution is 2.15. The third-order valence-corrected chi connectivity index (χ3v) is 2.69. The van der Waals surface area contributed by atoms with Crippen molar-refractivity contribution in [2.24, 2.45) is 0 Å². The van der Waals surface area contributed by atoms with E-state index in [0.29, 0.717) is 5.69 Å². The summed E-state index contributed by atoms with van der Waals surface area (Å²) in [6, 6.07) is 0. The second-order valence-corrected chi connectivity index (χ2v) is 4.40. The summed E-state index contributed by atoms with van der Waals surface area (Å²) in [7, 11) is 1.52. The van der Waals surface area contributed by atoms with E-state index < -0.39 is 0 Å². The number of thiazole rings is 1. The molecule has 0 radical (unpaired) electrons. The number of carbonyl (C=O) groups is 2. The van der Waals surface area contributed by atoms with Gasteiger partial charge < -0.3 is 10.6 Å². The molecule has 5 nitrogen and oxygen atoms in total. The molecule has 0 aliphatic rings. The summed E-state index contributed by atoms with van der Waals surface area (Å²) in [5, 5.41) is 5.76. The lowest BCUT2D eigenvalue weighted by molar-refractivity contribution is -0.119. The fourth-order valence-corrected chi connectivity index (χ4v) is 1.89. The molecule has 1 aromatic heterocycles. The van der Waals surface area contributed by atoms with Crippen LogP contribution in [0, 0.1) is 13.8 Å². The molecular formula is C9H13N3O2S. The largest absolute Gasteiger partial charge is 0.358 e. The first-order valence-electron chi connectivity index (χ1n) is 4.47. The van der Waals surface area contributed by atoms with Crippen molar-refractivity contribution in [2.45, 2.75) is 13.8 Å². The Hall–Kier alpha value is -1.43. The molecule has 1 heterocycles. The van der Waals surface area contributed by atoms with E-state index in [9.17, 15) is 9.59 Å². The molecule has 0 bridgehead atoms. The molecule has 0 unspecified atom stereocenters. The zero-order valence-electron chi connectivity index (χ0n) is 8.88. The van der Waals surface area contributed by atoms with Crippen LogP contribution in [0.5, 0.6) is 0 Å². The summed E-state index contributed by atoms with van der Waals surface area (Å²) in [6.07, 6.45) is 0. The highest BCUT2D eigenvalue weighted by atomic mass is 32.1. The summed E-state index contributed by atoms with van der Waals surface area (Å²) in [6.45, 7) is 3.65. The fraction of sp³-hybridized carbons (Fsp3) is 0.444. The van der Waals surface area contributed by atoms with E-state index >= 15 is 0 Å². The van der Waals surface area contributed by atoms with Crippen LogP contribution in [0.2, 0.25) is 0 Å². The molecule has 1 rings (SSSR count). The number of nitrogens with zero attached hydrogens (tertiary/aromatic N) is 1. The van der Waals surface area contributed by atoms with E-state index in [-0.39, 0.29) is 18.4 Å². The zero-order chi connectivity index (χ0) is 11.4. The highest BCUT2D eigenvalue weighted by Gasteiger charge is 2.13. The van der Waals surface area contributed by atoms with Crippen molar-refractivity contribution in [3.8, 4) is 0 Å². The van der Waals surface area contributed by atoms with Crippen LogP contribution >= 0.6 is 11.3 Å². The van der Waals surface area contributed by atoms with E-state index in [2.05, 4.69) is 15.6 Å². The van der Waals surface area contributed by atoms with Gasteiger partial charge in [-0.2, -0.15) is 0 Å². The molecule has 15 heavy (non-hydrogen) atoms. The van der Waals surface area contributed by atoms with E-state index in [1.165, 1.54) is 18.4 Å². The Morgan fingerprint density at radius 3 is 2.53 bits per heavy atom. The van der Waals surface area contributed by atoms with Crippen molar-refractivity contribution in [3.63, 3.8) is 0 Å². The van der Waals surface area contributed by atoms with Crippen LogP contribution in [-0.2, 0) is 4.79 Å². The second-order valence-electron chi connectivity index (χ2n) is 2.99. The minimum absolute atomic E-state index is 0.0225. The Kier molecular flexibility index (Phi) is 3.79. The molecule has 0 saturated carbocycles. The lowest BCUT2D eigenvalue weighted by Crippen LogP contribution is -2.35. The Morgan fingerprint density at radius 1 is 1.40 bits per heavy atom. The van der Waals surface area contributed by atoms with Crippen molar-refractivity contribution in [1.29, 1.82) is 0 Å². The maximum atomic E-state index is 11.6. The molecule has 82 valence electrons. The molecule has 0 atom stereocenters. The van der Waals surface area contributed by atoms with Gasteiger partial charge in [0.15, 0.2) is 0 Å². The standard InChI is InChI=1S/C9H13N3O2S/c1-5-8(12-6(2)15-5)9(14)11-4-7(13)10-3/h4H2,1-3H3,(H,10,13)(H,11,14). The third kappa shape index (κ3) is 3.02. The summed E-state index contributed by atoms with van der Waals surface area (Å²) in [4.78, 5) is 27.4. The minimum Gasteiger partial charge on any atom is -0.358 e. The average Bonchev–Trinajstić information content (AvgIpc) is 2.53. The average molecular weight is 227 g/mol. The molecule has 1 aromatic rings. The van der Waals surface area contributed by atoms with Gasteiger partial charge in [0.2, 0.25) is 5.91 Å². The van der Waals surface area contributed by atoms with Gasteiger partial charge in [-0.05, 0) is 13.8 Å². The fourth-order valence-electron chi connectivity index (χ4n) is 1.07. The molecule has 0 saturated heterocycles. The number of likely N-dealkylation sites (N-methyl/N-ethyl adjacent to an activating group) is 1. The first kappa shape index (κ1) is 11.6. The first-order chi connectivity index (χ1) is 7.04. The Bertz CT molecular complexity index is 387. The molecule has 0 aliphatic carbocycles. The van der Waals surface area contributed by atoms with Gasteiger partial charge in [0.05, 0.1) is 11.6 Å². The van der Waals surface area contributed by atoms with Gasteiger partial charge in [-0.15, -0.1) is 11.3 Å². The van der Waals surface area contributed by atoms with Crippen LogP contribution < -0.4 is 10.6 Å². The lowest BCUT2D eigenvalue weighted by atomic mass is 10.3.